The average Bonchev–Trinajstić information content (AvgIpc) is 3.09. The van der Waals surface area contributed by atoms with Crippen LogP contribution in [0.2, 0.25) is 0 Å². The molecule has 1 heterocycles. The SMILES string of the molecule is Cc1ccc(C)n1N(CC(=O)c1cccc([N+](=O)[O-])c1)C(=O)c1ccc([N+](=O)[O-])cc1. The van der Waals surface area contributed by atoms with Crippen molar-refractivity contribution in [3.8, 4) is 0 Å². The van der Waals surface area contributed by atoms with Crippen molar-refractivity contribution in [2.45, 2.75) is 13.8 Å². The molecular formula is C21H18N4O6. The monoisotopic (exact) mass is 422 g/mol. The van der Waals surface area contributed by atoms with Crippen LogP contribution in [0.15, 0.2) is 60.7 Å². The molecule has 0 aliphatic rings. The second-order valence-corrected chi connectivity index (χ2v) is 6.83. The maximum atomic E-state index is 13.2. The molecule has 158 valence electrons. The van der Waals surface area contributed by atoms with Crippen molar-refractivity contribution >= 4 is 23.1 Å². The van der Waals surface area contributed by atoms with Crippen molar-refractivity contribution in [1.82, 2.24) is 4.68 Å². The Hall–Kier alpha value is -4.34. The van der Waals surface area contributed by atoms with Crippen LogP contribution in [0.25, 0.3) is 0 Å². The highest BCUT2D eigenvalue weighted by Crippen LogP contribution is 2.18. The Kier molecular flexibility index (Phi) is 5.91. The second kappa shape index (κ2) is 8.57. The van der Waals surface area contributed by atoms with Crippen LogP contribution in [0.5, 0.6) is 0 Å². The lowest BCUT2D eigenvalue weighted by atomic mass is 10.1. The molecule has 0 spiro atoms. The molecule has 3 aromatic rings. The van der Waals surface area contributed by atoms with Gasteiger partial charge < -0.3 is 0 Å². The van der Waals surface area contributed by atoms with E-state index in [-0.39, 0.29) is 29.0 Å². The number of Topliss-reactive ketones (excluding diaryl/α,β-unsaturated/α-hetero) is 1. The summed E-state index contributed by atoms with van der Waals surface area (Å²) in [6.45, 7) is 3.15. The van der Waals surface area contributed by atoms with Crippen molar-refractivity contribution in [3.63, 3.8) is 0 Å². The van der Waals surface area contributed by atoms with Crippen molar-refractivity contribution in [1.29, 1.82) is 0 Å². The van der Waals surface area contributed by atoms with Crippen molar-refractivity contribution in [3.05, 3.63) is 103 Å². The summed E-state index contributed by atoms with van der Waals surface area (Å²) in [5, 5.41) is 23.1. The van der Waals surface area contributed by atoms with E-state index in [1.54, 1.807) is 30.7 Å². The molecule has 0 aliphatic carbocycles. The average molecular weight is 422 g/mol. The molecular weight excluding hydrogens is 404 g/mol. The summed E-state index contributed by atoms with van der Waals surface area (Å²) in [7, 11) is 0. The summed E-state index contributed by atoms with van der Waals surface area (Å²) in [5.41, 5.74) is 1.25. The number of carbonyl (C=O) groups excluding carboxylic acids is 2. The molecule has 0 unspecified atom stereocenters. The quantitative estimate of drug-likeness (QED) is 0.325. The highest BCUT2D eigenvalue weighted by Gasteiger charge is 2.24. The maximum Gasteiger partial charge on any atom is 0.273 e. The third-order valence-electron chi connectivity index (χ3n) is 4.71. The van der Waals surface area contributed by atoms with Gasteiger partial charge in [0.15, 0.2) is 5.78 Å². The maximum absolute atomic E-state index is 13.2. The molecule has 1 amide bonds. The number of benzene rings is 2. The van der Waals surface area contributed by atoms with Gasteiger partial charge in [0, 0.05) is 46.8 Å². The molecule has 0 bridgehead atoms. The molecule has 2 aromatic carbocycles. The number of amides is 1. The first-order valence-electron chi connectivity index (χ1n) is 9.18. The van der Waals surface area contributed by atoms with E-state index in [2.05, 4.69) is 0 Å². The topological polar surface area (TPSA) is 129 Å². The molecule has 10 nitrogen and oxygen atoms in total. The number of ketones is 1. The van der Waals surface area contributed by atoms with E-state index < -0.39 is 21.5 Å². The fraction of sp³-hybridized carbons (Fsp3) is 0.143. The summed E-state index contributed by atoms with van der Waals surface area (Å²) < 4.78 is 1.57. The Labute approximate surface area is 176 Å². The van der Waals surface area contributed by atoms with Crippen LogP contribution in [-0.4, -0.2) is 32.8 Å². The highest BCUT2D eigenvalue weighted by atomic mass is 16.6. The Morgan fingerprint density at radius 1 is 0.839 bits per heavy atom. The van der Waals surface area contributed by atoms with E-state index in [0.29, 0.717) is 11.4 Å². The van der Waals surface area contributed by atoms with Crippen LogP contribution in [0.3, 0.4) is 0 Å². The van der Waals surface area contributed by atoms with E-state index in [4.69, 9.17) is 0 Å². The number of nitro groups is 2. The molecule has 0 radical (unpaired) electrons. The van der Waals surface area contributed by atoms with E-state index in [0.717, 1.165) is 6.07 Å². The minimum absolute atomic E-state index is 0.0955. The number of rotatable bonds is 7. The number of nitro benzene ring substituents is 2. The zero-order valence-corrected chi connectivity index (χ0v) is 16.7. The largest absolute Gasteiger partial charge is 0.292 e. The van der Waals surface area contributed by atoms with Gasteiger partial charge in [-0.1, -0.05) is 12.1 Å². The van der Waals surface area contributed by atoms with Gasteiger partial charge in [0.05, 0.1) is 9.85 Å². The molecule has 0 N–H and O–H groups in total. The fourth-order valence-electron chi connectivity index (χ4n) is 3.17. The lowest BCUT2D eigenvalue weighted by Gasteiger charge is -2.26. The first-order chi connectivity index (χ1) is 14.7. The van der Waals surface area contributed by atoms with Crippen molar-refractivity contribution < 1.29 is 19.4 Å². The Morgan fingerprint density at radius 3 is 1.97 bits per heavy atom. The molecule has 3 rings (SSSR count). The van der Waals surface area contributed by atoms with Gasteiger partial charge in [-0.05, 0) is 38.1 Å². The third kappa shape index (κ3) is 4.47. The molecule has 31 heavy (non-hydrogen) atoms. The van der Waals surface area contributed by atoms with Crippen LogP contribution in [0, 0.1) is 34.1 Å². The minimum Gasteiger partial charge on any atom is -0.292 e. The van der Waals surface area contributed by atoms with Crippen LogP contribution < -0.4 is 5.01 Å². The number of hydrogen-bond acceptors (Lipinski definition) is 6. The summed E-state index contributed by atoms with van der Waals surface area (Å²) in [5.74, 6) is -1.04. The number of non-ortho nitro benzene ring substituents is 2. The zero-order valence-electron chi connectivity index (χ0n) is 16.7. The molecule has 0 atom stereocenters. The number of nitrogens with zero attached hydrogens (tertiary/aromatic N) is 4. The molecule has 0 saturated carbocycles. The zero-order chi connectivity index (χ0) is 22.7. The van der Waals surface area contributed by atoms with Crippen LogP contribution in [0.1, 0.15) is 32.1 Å². The summed E-state index contributed by atoms with van der Waals surface area (Å²) >= 11 is 0. The standard InChI is InChI=1S/C21H18N4O6/c1-14-6-7-15(2)23(14)22(21(27)16-8-10-18(11-9-16)24(28)29)13-20(26)17-4-3-5-19(12-17)25(30)31/h3-12H,13H2,1-2H3. The third-order valence-corrected chi connectivity index (χ3v) is 4.71. The van der Waals surface area contributed by atoms with Crippen LogP contribution in [-0.2, 0) is 0 Å². The number of carbonyl (C=O) groups is 2. The molecule has 0 saturated heterocycles. The minimum atomic E-state index is -0.600. The Bertz CT molecular complexity index is 1160. The van der Waals surface area contributed by atoms with Gasteiger partial charge in [-0.3, -0.25) is 34.5 Å². The molecule has 1 aromatic heterocycles. The second-order valence-electron chi connectivity index (χ2n) is 6.83. The van der Waals surface area contributed by atoms with E-state index in [1.807, 2.05) is 0 Å². The highest BCUT2D eigenvalue weighted by molar-refractivity contribution is 6.08. The van der Waals surface area contributed by atoms with Crippen LogP contribution >= 0.6 is 0 Å². The smallest absolute Gasteiger partial charge is 0.273 e. The van der Waals surface area contributed by atoms with E-state index >= 15 is 0 Å². The predicted molar refractivity (Wildman–Crippen MR) is 112 cm³/mol. The first-order valence-corrected chi connectivity index (χ1v) is 9.18. The van der Waals surface area contributed by atoms with Gasteiger partial charge in [0.2, 0.25) is 0 Å². The normalized spacial score (nSPS) is 10.5. The number of aryl methyl sites for hydroxylation is 2. The van der Waals surface area contributed by atoms with Crippen LogP contribution in [0.4, 0.5) is 11.4 Å². The van der Waals surface area contributed by atoms with Gasteiger partial charge in [-0.25, -0.2) is 5.01 Å². The van der Waals surface area contributed by atoms with E-state index in [9.17, 15) is 29.8 Å². The van der Waals surface area contributed by atoms with Gasteiger partial charge in [0.25, 0.3) is 17.3 Å². The van der Waals surface area contributed by atoms with Crippen molar-refractivity contribution in [2.75, 3.05) is 11.6 Å². The summed E-state index contributed by atoms with van der Waals surface area (Å²) in [6, 6.07) is 13.9. The Morgan fingerprint density at radius 2 is 1.42 bits per heavy atom. The van der Waals surface area contributed by atoms with Gasteiger partial charge in [0.1, 0.15) is 6.54 Å². The van der Waals surface area contributed by atoms with Gasteiger partial charge in [-0.15, -0.1) is 0 Å². The first kappa shape index (κ1) is 21.4. The summed E-state index contributed by atoms with van der Waals surface area (Å²) in [6.07, 6.45) is 0. The lowest BCUT2D eigenvalue weighted by molar-refractivity contribution is -0.385. The van der Waals surface area contributed by atoms with Gasteiger partial charge >= 0.3 is 0 Å². The number of aromatic nitrogens is 1. The Balaban J connectivity index is 1.98. The predicted octanol–water partition coefficient (Wildman–Crippen LogP) is 3.58. The van der Waals surface area contributed by atoms with E-state index in [1.165, 1.54) is 47.5 Å². The number of hydrogen-bond donors (Lipinski definition) is 0. The summed E-state index contributed by atoms with van der Waals surface area (Å²) in [4.78, 5) is 46.9. The molecule has 0 aliphatic heterocycles. The molecule has 10 heteroatoms. The molecule has 0 fully saturated rings. The van der Waals surface area contributed by atoms with Gasteiger partial charge in [-0.2, -0.15) is 0 Å². The fourth-order valence-corrected chi connectivity index (χ4v) is 3.17. The lowest BCUT2D eigenvalue weighted by Crippen LogP contribution is -2.45. The van der Waals surface area contributed by atoms with Crippen molar-refractivity contribution in [2.24, 2.45) is 0 Å².